The van der Waals surface area contributed by atoms with E-state index in [9.17, 15) is 0 Å². The molecule has 0 saturated carbocycles. The maximum absolute atomic E-state index is 3.74. The Morgan fingerprint density at radius 3 is 1.54 bits per heavy atom. The number of hydrogen-bond donors (Lipinski definition) is 1. The highest BCUT2D eigenvalue weighted by atomic mass is 32.2. The molecule has 1 N–H and O–H groups in total. The monoisotopic (exact) mass is 699 g/mol. The molecule has 246 valence electrons. The first-order valence-electron chi connectivity index (χ1n) is 17.7. The average Bonchev–Trinajstić information content (AvgIpc) is 3.21. The molecule has 8 aromatic carbocycles. The number of para-hydroxylation sites is 1. The molecule has 1 nitrogen and oxygen atoms in total. The Labute approximate surface area is 313 Å². The third-order valence-corrected chi connectivity index (χ3v) is 12.7. The van der Waals surface area contributed by atoms with Gasteiger partial charge in [-0.25, -0.2) is 0 Å². The average molecular weight is 700 g/mol. The maximum Gasteiger partial charge on any atom is 0.0745 e. The van der Waals surface area contributed by atoms with Gasteiger partial charge in [-0.3, -0.25) is 0 Å². The first-order chi connectivity index (χ1) is 25.8. The summed E-state index contributed by atoms with van der Waals surface area (Å²) in [5, 5.41) is 3.74. The van der Waals surface area contributed by atoms with Gasteiger partial charge in [0.25, 0.3) is 0 Å². The third kappa shape index (κ3) is 5.11. The molecule has 2 aliphatic rings. The van der Waals surface area contributed by atoms with E-state index < -0.39 is 5.41 Å². The zero-order chi connectivity index (χ0) is 34.5. The van der Waals surface area contributed by atoms with Crippen LogP contribution in [0.25, 0.3) is 33.4 Å². The SMILES string of the molecule is c1ccc(Nc2cc(-c3ccc4c(c3)Sc3ccccc3C43c4ccccc4Sc4ccc(-c5ccccc5)cc43)ccc2-c2ccccc2)cc1. The molecule has 0 radical (unpaired) electrons. The predicted octanol–water partition coefficient (Wildman–Crippen LogP) is 13.7. The van der Waals surface area contributed by atoms with Crippen LogP contribution in [-0.4, -0.2) is 0 Å². The van der Waals surface area contributed by atoms with Crippen molar-refractivity contribution in [2.45, 2.75) is 25.0 Å². The van der Waals surface area contributed by atoms with Crippen LogP contribution in [0.15, 0.2) is 214 Å². The third-order valence-electron chi connectivity index (χ3n) is 10.4. The molecule has 2 heterocycles. The van der Waals surface area contributed by atoms with Crippen molar-refractivity contribution in [1.82, 2.24) is 0 Å². The van der Waals surface area contributed by atoms with Gasteiger partial charge in [0.15, 0.2) is 0 Å². The summed E-state index contributed by atoms with van der Waals surface area (Å²) in [6, 6.07) is 71.1. The highest BCUT2D eigenvalue weighted by Gasteiger charge is 2.48. The highest BCUT2D eigenvalue weighted by Crippen LogP contribution is 2.62. The van der Waals surface area contributed by atoms with Gasteiger partial charge in [-0.1, -0.05) is 169 Å². The molecule has 0 aromatic heterocycles. The molecule has 3 heteroatoms. The van der Waals surface area contributed by atoms with E-state index in [0.717, 1.165) is 11.4 Å². The summed E-state index contributed by atoms with van der Waals surface area (Å²) in [6.45, 7) is 0. The topological polar surface area (TPSA) is 12.0 Å². The molecule has 0 aliphatic carbocycles. The largest absolute Gasteiger partial charge is 0.355 e. The number of nitrogens with one attached hydrogen (secondary N) is 1. The highest BCUT2D eigenvalue weighted by molar-refractivity contribution is 8.00. The van der Waals surface area contributed by atoms with Gasteiger partial charge in [0.2, 0.25) is 0 Å². The normalized spacial score (nSPS) is 15.2. The molecule has 0 bridgehead atoms. The maximum atomic E-state index is 3.74. The summed E-state index contributed by atoms with van der Waals surface area (Å²) >= 11 is 3.78. The zero-order valence-electron chi connectivity index (χ0n) is 28.3. The lowest BCUT2D eigenvalue weighted by molar-refractivity contribution is 0.667. The Kier molecular flexibility index (Phi) is 7.63. The lowest BCUT2D eigenvalue weighted by Gasteiger charge is -2.45. The number of hydrogen-bond acceptors (Lipinski definition) is 3. The van der Waals surface area contributed by atoms with Gasteiger partial charge in [-0.15, -0.1) is 0 Å². The van der Waals surface area contributed by atoms with Crippen molar-refractivity contribution in [2.24, 2.45) is 0 Å². The minimum Gasteiger partial charge on any atom is -0.355 e. The van der Waals surface area contributed by atoms with Crippen LogP contribution in [0.4, 0.5) is 11.4 Å². The lowest BCUT2D eigenvalue weighted by atomic mass is 9.64. The van der Waals surface area contributed by atoms with E-state index in [1.165, 1.54) is 75.2 Å². The molecule has 8 aromatic rings. The Morgan fingerprint density at radius 1 is 0.327 bits per heavy atom. The number of benzene rings is 8. The molecule has 52 heavy (non-hydrogen) atoms. The van der Waals surface area contributed by atoms with Gasteiger partial charge in [0, 0.05) is 36.5 Å². The minimum atomic E-state index is -0.463. The molecule has 0 fully saturated rings. The van der Waals surface area contributed by atoms with Gasteiger partial charge in [-0.05, 0) is 98.6 Å². The van der Waals surface area contributed by atoms with Crippen molar-refractivity contribution in [3.63, 3.8) is 0 Å². The van der Waals surface area contributed by atoms with Crippen LogP contribution in [0.1, 0.15) is 22.3 Å². The molecule has 0 amide bonds. The van der Waals surface area contributed by atoms with Gasteiger partial charge in [-0.2, -0.15) is 0 Å². The minimum absolute atomic E-state index is 0.463. The summed E-state index contributed by atoms with van der Waals surface area (Å²) in [7, 11) is 0. The van der Waals surface area contributed by atoms with Crippen LogP contribution in [-0.2, 0) is 5.41 Å². The number of anilines is 2. The summed E-state index contributed by atoms with van der Waals surface area (Å²) in [4.78, 5) is 5.21. The van der Waals surface area contributed by atoms with Crippen molar-refractivity contribution < 1.29 is 0 Å². The smallest absolute Gasteiger partial charge is 0.0745 e. The summed E-state index contributed by atoms with van der Waals surface area (Å²) in [5.74, 6) is 0. The van der Waals surface area contributed by atoms with E-state index in [-0.39, 0.29) is 0 Å². The van der Waals surface area contributed by atoms with E-state index in [2.05, 4.69) is 199 Å². The van der Waals surface area contributed by atoms with Crippen molar-refractivity contribution in [3.8, 4) is 33.4 Å². The van der Waals surface area contributed by atoms with Crippen LogP contribution in [0.2, 0.25) is 0 Å². The molecule has 10 rings (SSSR count). The standard InChI is InChI=1S/C49H33NS2/c1-4-14-33(15-5-1)35-26-29-47-43(30-35)49(40-20-10-12-22-45(40)51-47)41-21-11-13-23-46(41)52-48-32-37(25-28-42(48)49)36-24-27-39(34-16-6-2-7-17-34)44(31-36)50-38-18-8-3-9-19-38/h1-32,50H. The molecule has 1 spiro atoms. The molecule has 1 atom stereocenters. The molecule has 1 unspecified atom stereocenters. The molecule has 2 aliphatic heterocycles. The Hall–Kier alpha value is -5.74. The zero-order valence-corrected chi connectivity index (χ0v) is 29.9. The van der Waals surface area contributed by atoms with E-state index in [1.54, 1.807) is 0 Å². The quantitative estimate of drug-likeness (QED) is 0.192. The Morgan fingerprint density at radius 2 is 0.827 bits per heavy atom. The van der Waals surface area contributed by atoms with Crippen LogP contribution >= 0.6 is 23.5 Å². The van der Waals surface area contributed by atoms with Crippen molar-refractivity contribution in [3.05, 3.63) is 216 Å². The van der Waals surface area contributed by atoms with Crippen molar-refractivity contribution >= 4 is 34.9 Å². The second-order valence-electron chi connectivity index (χ2n) is 13.4. The van der Waals surface area contributed by atoms with Crippen LogP contribution < -0.4 is 5.32 Å². The summed E-state index contributed by atoms with van der Waals surface area (Å²) < 4.78 is 0. The number of fused-ring (bicyclic) bond motifs is 8. The second-order valence-corrected chi connectivity index (χ2v) is 15.5. The van der Waals surface area contributed by atoms with E-state index >= 15 is 0 Å². The van der Waals surface area contributed by atoms with Gasteiger partial charge < -0.3 is 5.32 Å². The van der Waals surface area contributed by atoms with E-state index in [0.29, 0.717) is 0 Å². The molecule has 0 saturated heterocycles. The fourth-order valence-corrected chi connectivity index (χ4v) is 10.4. The lowest BCUT2D eigenvalue weighted by Crippen LogP contribution is -2.36. The van der Waals surface area contributed by atoms with Crippen LogP contribution in [0.5, 0.6) is 0 Å². The summed E-state index contributed by atoms with van der Waals surface area (Å²) in [6.07, 6.45) is 0. The fraction of sp³-hybridized carbons (Fsp3) is 0.0204. The van der Waals surface area contributed by atoms with Crippen molar-refractivity contribution in [1.29, 1.82) is 0 Å². The Bertz CT molecular complexity index is 2590. The fourth-order valence-electron chi connectivity index (χ4n) is 8.03. The number of rotatable bonds is 5. The second kappa shape index (κ2) is 12.8. The Balaban J connectivity index is 1.18. The van der Waals surface area contributed by atoms with Gasteiger partial charge in [0.1, 0.15) is 0 Å². The van der Waals surface area contributed by atoms with Gasteiger partial charge in [0.05, 0.1) is 5.41 Å². The first-order valence-corrected chi connectivity index (χ1v) is 19.3. The molecular formula is C49H33NS2. The van der Waals surface area contributed by atoms with Crippen LogP contribution in [0.3, 0.4) is 0 Å². The van der Waals surface area contributed by atoms with E-state index in [4.69, 9.17) is 0 Å². The first kappa shape index (κ1) is 31.0. The predicted molar refractivity (Wildman–Crippen MR) is 219 cm³/mol. The van der Waals surface area contributed by atoms with E-state index in [1.807, 2.05) is 23.5 Å². The summed E-state index contributed by atoms with van der Waals surface area (Å²) in [5.41, 5.74) is 14.3. The van der Waals surface area contributed by atoms with Crippen molar-refractivity contribution in [2.75, 3.05) is 5.32 Å². The van der Waals surface area contributed by atoms with Gasteiger partial charge >= 0.3 is 0 Å². The molecular weight excluding hydrogens is 667 g/mol. The van der Waals surface area contributed by atoms with Crippen LogP contribution in [0, 0.1) is 0 Å².